The molecule has 7 nitrogen and oxygen atoms in total. The Kier molecular flexibility index (Phi) is 7.14. The van der Waals surface area contributed by atoms with Gasteiger partial charge in [0.15, 0.2) is 0 Å². The van der Waals surface area contributed by atoms with Crippen molar-refractivity contribution in [1.29, 1.82) is 0 Å². The Labute approximate surface area is 206 Å². The average molecular weight is 508 g/mol. The summed E-state index contributed by atoms with van der Waals surface area (Å²) in [5.41, 5.74) is 2.93. The van der Waals surface area contributed by atoms with Crippen molar-refractivity contribution in [3.8, 4) is 0 Å². The van der Waals surface area contributed by atoms with E-state index >= 15 is 0 Å². The molecule has 1 aromatic carbocycles. The molecule has 0 amide bonds. The minimum atomic E-state index is -3.87. The fourth-order valence-corrected chi connectivity index (χ4v) is 7.47. The molecule has 0 radical (unpaired) electrons. The van der Waals surface area contributed by atoms with E-state index in [1.165, 1.54) is 34.3 Å². The van der Waals surface area contributed by atoms with Crippen molar-refractivity contribution < 1.29 is 17.2 Å². The van der Waals surface area contributed by atoms with Gasteiger partial charge in [0.25, 0.3) is 16.1 Å². The van der Waals surface area contributed by atoms with Gasteiger partial charge in [0.1, 0.15) is 0 Å². The van der Waals surface area contributed by atoms with Crippen LogP contribution in [0.1, 0.15) is 62.6 Å². The number of imidazole rings is 1. The Morgan fingerprint density at radius 2 is 1.80 bits per heavy atom. The highest BCUT2D eigenvalue weighted by atomic mass is 32.2. The first-order valence-corrected chi connectivity index (χ1v) is 14.2. The maximum atomic E-state index is 13.8. The topological polar surface area (TPSA) is 72.5 Å². The number of piperidine rings is 1. The molecule has 1 saturated heterocycles. The van der Waals surface area contributed by atoms with Crippen LogP contribution < -0.4 is 4.90 Å². The number of anilines is 1. The molecule has 2 aromatic rings. The standard InChI is InChI=1S/C25H35F2N5O2S/c26-25(27)11-13-30(14-12-25)35(33,34)31-16-21-7-3-4-8-24(21)32(17-22-15-28-19-29-22)23(18-31)10-9-20-5-1-2-6-20/h3-4,7-8,15,19-20,23H,1-2,5-6,9-14,16-18H2,(H,28,29)/t23-/m1/s1. The van der Waals surface area contributed by atoms with E-state index in [1.807, 2.05) is 24.4 Å². The van der Waals surface area contributed by atoms with E-state index in [0.29, 0.717) is 19.0 Å². The summed E-state index contributed by atoms with van der Waals surface area (Å²) in [5, 5.41) is 0. The number of benzene rings is 1. The van der Waals surface area contributed by atoms with Crippen molar-refractivity contribution >= 4 is 15.9 Å². The monoisotopic (exact) mass is 507 g/mol. The minimum absolute atomic E-state index is 0.0245. The Hall–Kier alpha value is -2.04. The van der Waals surface area contributed by atoms with Crippen LogP contribution in [-0.4, -0.2) is 58.6 Å². The van der Waals surface area contributed by atoms with Gasteiger partial charge in [-0.1, -0.05) is 43.9 Å². The molecule has 1 saturated carbocycles. The van der Waals surface area contributed by atoms with E-state index in [9.17, 15) is 17.2 Å². The van der Waals surface area contributed by atoms with E-state index in [2.05, 4.69) is 20.9 Å². The average Bonchev–Trinajstić information content (AvgIpc) is 3.51. The number of rotatable bonds is 7. The molecule has 3 aliphatic rings. The molecule has 0 unspecified atom stereocenters. The lowest BCUT2D eigenvalue weighted by molar-refractivity contribution is -0.0419. The Bertz CT molecular complexity index is 1080. The number of alkyl halides is 2. The van der Waals surface area contributed by atoms with E-state index in [-0.39, 0.29) is 25.7 Å². The van der Waals surface area contributed by atoms with Crippen LogP contribution in [-0.2, 0) is 23.3 Å². The second-order valence-electron chi connectivity index (χ2n) is 10.3. The largest absolute Gasteiger partial charge is 0.361 e. The predicted octanol–water partition coefficient (Wildman–Crippen LogP) is 4.55. The van der Waals surface area contributed by atoms with Gasteiger partial charge in [-0.3, -0.25) is 0 Å². The van der Waals surface area contributed by atoms with Crippen molar-refractivity contribution in [2.24, 2.45) is 5.92 Å². The van der Waals surface area contributed by atoms with Gasteiger partial charge < -0.3 is 9.88 Å². The smallest absolute Gasteiger partial charge is 0.282 e. The van der Waals surface area contributed by atoms with Crippen LogP contribution in [0.15, 0.2) is 36.8 Å². The summed E-state index contributed by atoms with van der Waals surface area (Å²) in [6.45, 7) is 0.905. The van der Waals surface area contributed by atoms with Crippen molar-refractivity contribution in [1.82, 2.24) is 18.6 Å². The van der Waals surface area contributed by atoms with Crippen molar-refractivity contribution in [2.45, 2.75) is 76.4 Å². The highest BCUT2D eigenvalue weighted by molar-refractivity contribution is 7.86. The third-order valence-electron chi connectivity index (χ3n) is 7.89. The summed E-state index contributed by atoms with van der Waals surface area (Å²) in [4.78, 5) is 9.68. The number of nitrogens with one attached hydrogen (secondary N) is 1. The Balaban J connectivity index is 1.45. The molecule has 1 aliphatic carbocycles. The van der Waals surface area contributed by atoms with Gasteiger partial charge >= 0.3 is 0 Å². The lowest BCUT2D eigenvalue weighted by atomic mass is 9.97. The van der Waals surface area contributed by atoms with Crippen molar-refractivity contribution in [3.63, 3.8) is 0 Å². The van der Waals surface area contributed by atoms with Gasteiger partial charge in [-0.15, -0.1) is 0 Å². The number of aromatic nitrogens is 2. The zero-order valence-corrected chi connectivity index (χ0v) is 20.9. The van der Waals surface area contributed by atoms with Gasteiger partial charge in [-0.2, -0.15) is 17.0 Å². The summed E-state index contributed by atoms with van der Waals surface area (Å²) in [7, 11) is -3.87. The van der Waals surface area contributed by atoms with Gasteiger partial charge in [0.2, 0.25) is 0 Å². The third-order valence-corrected chi connectivity index (χ3v) is 9.84. The molecule has 1 N–H and O–H groups in total. The lowest BCUT2D eigenvalue weighted by Gasteiger charge is -2.37. The van der Waals surface area contributed by atoms with E-state index < -0.39 is 29.0 Å². The number of H-pyrrole nitrogens is 1. The van der Waals surface area contributed by atoms with Gasteiger partial charge in [0, 0.05) is 56.9 Å². The van der Waals surface area contributed by atoms with Crippen LogP contribution >= 0.6 is 0 Å². The molecule has 10 heteroatoms. The number of nitrogens with zero attached hydrogens (tertiary/aromatic N) is 4. The molecule has 1 aromatic heterocycles. The number of hydrogen-bond acceptors (Lipinski definition) is 4. The molecule has 3 heterocycles. The second kappa shape index (κ2) is 10.1. The van der Waals surface area contributed by atoms with Gasteiger partial charge in [-0.05, 0) is 30.4 Å². The Morgan fingerprint density at radius 1 is 1.06 bits per heavy atom. The fourth-order valence-electron chi connectivity index (χ4n) is 5.84. The molecule has 5 rings (SSSR count). The van der Waals surface area contributed by atoms with Crippen LogP contribution in [0.3, 0.4) is 0 Å². The summed E-state index contributed by atoms with van der Waals surface area (Å²) in [5.74, 6) is -2.10. The first kappa shape index (κ1) is 24.6. The maximum Gasteiger partial charge on any atom is 0.282 e. The molecule has 0 bridgehead atoms. The third kappa shape index (κ3) is 5.54. The lowest BCUT2D eigenvalue weighted by Crippen LogP contribution is -2.51. The first-order chi connectivity index (χ1) is 16.8. The molecular weight excluding hydrogens is 472 g/mol. The molecule has 0 spiro atoms. The molecule has 1 atom stereocenters. The number of aromatic amines is 1. The zero-order chi connectivity index (χ0) is 24.5. The first-order valence-electron chi connectivity index (χ1n) is 12.8. The van der Waals surface area contributed by atoms with Crippen LogP contribution in [0.4, 0.5) is 14.5 Å². The molecule has 192 valence electrons. The molecule has 35 heavy (non-hydrogen) atoms. The molecule has 2 fully saturated rings. The highest BCUT2D eigenvalue weighted by Gasteiger charge is 2.42. The number of para-hydroxylation sites is 1. The van der Waals surface area contributed by atoms with Crippen molar-refractivity contribution in [3.05, 3.63) is 48.0 Å². The number of halogens is 2. The van der Waals surface area contributed by atoms with Crippen LogP contribution in [0.5, 0.6) is 0 Å². The highest BCUT2D eigenvalue weighted by Crippen LogP contribution is 2.36. The maximum absolute atomic E-state index is 13.8. The normalized spacial score (nSPS) is 24.4. The summed E-state index contributed by atoms with van der Waals surface area (Å²) >= 11 is 0. The van der Waals surface area contributed by atoms with E-state index in [4.69, 9.17) is 0 Å². The van der Waals surface area contributed by atoms with Crippen molar-refractivity contribution in [2.75, 3.05) is 24.5 Å². The zero-order valence-electron chi connectivity index (χ0n) is 20.1. The van der Waals surface area contributed by atoms with Gasteiger partial charge in [-0.25, -0.2) is 13.8 Å². The summed E-state index contributed by atoms with van der Waals surface area (Å²) in [6, 6.07) is 7.93. The van der Waals surface area contributed by atoms with Gasteiger partial charge in [0.05, 0.1) is 18.6 Å². The molecular formula is C25H35F2N5O2S. The van der Waals surface area contributed by atoms with Crippen LogP contribution in [0.2, 0.25) is 0 Å². The van der Waals surface area contributed by atoms with Crippen LogP contribution in [0, 0.1) is 5.92 Å². The number of fused-ring (bicyclic) bond motifs is 1. The van der Waals surface area contributed by atoms with Crippen LogP contribution in [0.25, 0.3) is 0 Å². The minimum Gasteiger partial charge on any atom is -0.361 e. The SMILES string of the molecule is O=S(=O)(N1CCC(F)(F)CC1)N1Cc2ccccc2N(Cc2cnc[nH]2)[C@H](CCC2CCCC2)C1. The summed E-state index contributed by atoms with van der Waals surface area (Å²) in [6.07, 6.45) is 9.61. The fraction of sp³-hybridized carbons (Fsp3) is 0.640. The number of hydrogen-bond donors (Lipinski definition) is 1. The Morgan fingerprint density at radius 3 is 2.51 bits per heavy atom. The summed E-state index contributed by atoms with van der Waals surface area (Å²) < 4.78 is 57.7. The van der Waals surface area contributed by atoms with E-state index in [0.717, 1.165) is 29.8 Å². The molecule has 2 aliphatic heterocycles. The second-order valence-corrected chi connectivity index (χ2v) is 12.2. The van der Waals surface area contributed by atoms with E-state index in [1.54, 1.807) is 6.33 Å². The quantitative estimate of drug-likeness (QED) is 0.597. The predicted molar refractivity (Wildman–Crippen MR) is 131 cm³/mol.